The maximum atomic E-state index is 13.3. The zero-order valence-corrected chi connectivity index (χ0v) is 17.3. The monoisotopic (exact) mass is 422 g/mol. The van der Waals surface area contributed by atoms with Gasteiger partial charge in [0.25, 0.3) is 0 Å². The Morgan fingerprint density at radius 2 is 1.62 bits per heavy atom. The van der Waals surface area contributed by atoms with Crippen molar-refractivity contribution >= 4 is 17.6 Å². The molecule has 3 rings (SSSR count). The molecule has 1 N–H and O–H groups in total. The first-order valence-corrected chi connectivity index (χ1v) is 9.54. The highest BCUT2D eigenvalue weighted by Gasteiger charge is 2.83. The van der Waals surface area contributed by atoms with Crippen LogP contribution in [0, 0.1) is 17.8 Å². The van der Waals surface area contributed by atoms with Gasteiger partial charge in [-0.2, -0.15) is 13.2 Å². The second-order valence-electron chi connectivity index (χ2n) is 8.20. The van der Waals surface area contributed by atoms with Crippen LogP contribution >= 0.6 is 11.6 Å². The molecule has 0 radical (unpaired) electrons. The third-order valence-corrected chi connectivity index (χ3v) is 7.17. The molecule has 0 aromatic heterocycles. The van der Waals surface area contributed by atoms with Crippen molar-refractivity contribution in [3.8, 4) is 11.1 Å². The second-order valence-corrected chi connectivity index (χ2v) is 8.60. The topological polar surface area (TPSA) is 37.3 Å². The van der Waals surface area contributed by atoms with Crippen LogP contribution in [0.25, 0.3) is 11.1 Å². The SMILES string of the molecule is Cc1c(-c2ccccc2)cccc1C1(C=C(Cl)C(F)(F)F)C(C)(C)C1(C)C(=O)O. The number of halogens is 4. The van der Waals surface area contributed by atoms with Crippen molar-refractivity contribution in [2.45, 2.75) is 39.3 Å². The summed E-state index contributed by atoms with van der Waals surface area (Å²) in [6.07, 6.45) is -3.85. The summed E-state index contributed by atoms with van der Waals surface area (Å²) in [5, 5.41) is 8.68. The number of hydrogen-bond donors (Lipinski definition) is 1. The number of carboxylic acid groups (broad SMARTS) is 1. The lowest BCUT2D eigenvalue weighted by molar-refractivity contribution is -0.144. The number of alkyl halides is 3. The van der Waals surface area contributed by atoms with E-state index < -0.39 is 33.4 Å². The van der Waals surface area contributed by atoms with Gasteiger partial charge in [0, 0.05) is 5.41 Å². The molecule has 0 heterocycles. The molecule has 1 saturated carbocycles. The van der Waals surface area contributed by atoms with E-state index in [4.69, 9.17) is 11.6 Å². The molecular formula is C23H22ClF3O2. The lowest BCUT2D eigenvalue weighted by Crippen LogP contribution is -2.24. The van der Waals surface area contributed by atoms with Crippen LogP contribution in [-0.2, 0) is 10.2 Å². The number of benzene rings is 2. The highest BCUT2D eigenvalue weighted by atomic mass is 35.5. The predicted octanol–water partition coefficient (Wildman–Crippen LogP) is 6.72. The first kappa shape index (κ1) is 21.4. The van der Waals surface area contributed by atoms with Gasteiger partial charge in [-0.1, -0.05) is 74.0 Å². The molecule has 0 aliphatic heterocycles. The zero-order chi connectivity index (χ0) is 21.8. The smallest absolute Gasteiger partial charge is 0.426 e. The number of aliphatic carboxylic acids is 1. The van der Waals surface area contributed by atoms with Gasteiger partial charge in [0.15, 0.2) is 0 Å². The molecule has 0 bridgehead atoms. The van der Waals surface area contributed by atoms with Gasteiger partial charge in [-0.3, -0.25) is 4.79 Å². The molecule has 1 aliphatic carbocycles. The molecule has 2 aromatic rings. The van der Waals surface area contributed by atoms with E-state index in [1.54, 1.807) is 26.0 Å². The Balaban J connectivity index is 2.33. The van der Waals surface area contributed by atoms with Crippen LogP contribution in [0.5, 0.6) is 0 Å². The van der Waals surface area contributed by atoms with Gasteiger partial charge in [0.05, 0.1) is 5.41 Å². The molecule has 29 heavy (non-hydrogen) atoms. The average molecular weight is 423 g/mol. The third-order valence-electron chi connectivity index (χ3n) is 6.85. The average Bonchev–Trinajstić information content (AvgIpc) is 3.04. The van der Waals surface area contributed by atoms with E-state index in [1.165, 1.54) is 6.92 Å². The lowest BCUT2D eigenvalue weighted by atomic mass is 9.80. The Morgan fingerprint density at radius 1 is 1.03 bits per heavy atom. The third kappa shape index (κ3) is 2.82. The van der Waals surface area contributed by atoms with Crippen LogP contribution in [0.3, 0.4) is 0 Å². The Bertz CT molecular complexity index is 995. The molecule has 2 atom stereocenters. The molecule has 2 unspecified atom stereocenters. The van der Waals surface area contributed by atoms with Crippen molar-refractivity contribution in [3.05, 3.63) is 70.8 Å². The van der Waals surface area contributed by atoms with E-state index in [2.05, 4.69) is 0 Å². The van der Waals surface area contributed by atoms with Crippen LogP contribution < -0.4 is 0 Å². The molecule has 2 aromatic carbocycles. The Hall–Kier alpha value is -2.27. The van der Waals surface area contributed by atoms with Gasteiger partial charge in [0.2, 0.25) is 0 Å². The zero-order valence-electron chi connectivity index (χ0n) is 16.6. The van der Waals surface area contributed by atoms with Gasteiger partial charge < -0.3 is 5.11 Å². The summed E-state index contributed by atoms with van der Waals surface area (Å²) in [7, 11) is 0. The summed E-state index contributed by atoms with van der Waals surface area (Å²) < 4.78 is 40.0. The van der Waals surface area contributed by atoms with Crippen molar-refractivity contribution < 1.29 is 23.1 Å². The standard InChI is InChI=1S/C23H22ClF3O2/c1-14-16(15-9-6-5-7-10-15)11-8-12-17(14)22(13-18(24)23(25,26)27)20(2,3)21(22,4)19(28)29/h5-13H,1-4H3,(H,28,29). The second kappa shape index (κ2) is 6.63. The van der Waals surface area contributed by atoms with Gasteiger partial charge in [0.1, 0.15) is 5.03 Å². The number of carboxylic acids is 1. The van der Waals surface area contributed by atoms with Crippen molar-refractivity contribution in [2.24, 2.45) is 10.8 Å². The molecule has 6 heteroatoms. The van der Waals surface area contributed by atoms with E-state index in [0.29, 0.717) is 5.56 Å². The molecular weight excluding hydrogens is 401 g/mol. The summed E-state index contributed by atoms with van der Waals surface area (Å²) >= 11 is 5.64. The molecule has 1 aliphatic rings. The quantitative estimate of drug-likeness (QED) is 0.594. The largest absolute Gasteiger partial charge is 0.481 e. The van der Waals surface area contributed by atoms with Crippen molar-refractivity contribution in [1.29, 1.82) is 0 Å². The van der Waals surface area contributed by atoms with Gasteiger partial charge in [-0.15, -0.1) is 0 Å². The number of hydrogen-bond acceptors (Lipinski definition) is 1. The van der Waals surface area contributed by atoms with E-state index in [9.17, 15) is 23.1 Å². The molecule has 0 saturated heterocycles. The number of carbonyl (C=O) groups is 1. The summed E-state index contributed by atoms with van der Waals surface area (Å²) in [6.45, 7) is 6.64. The molecule has 2 nitrogen and oxygen atoms in total. The highest BCUT2D eigenvalue weighted by Crippen LogP contribution is 2.80. The number of allylic oxidation sites excluding steroid dienone is 2. The minimum Gasteiger partial charge on any atom is -0.481 e. The van der Waals surface area contributed by atoms with Gasteiger partial charge >= 0.3 is 12.1 Å². The maximum Gasteiger partial charge on any atom is 0.426 e. The van der Waals surface area contributed by atoms with Crippen molar-refractivity contribution in [1.82, 2.24) is 0 Å². The van der Waals surface area contributed by atoms with Crippen LogP contribution in [0.15, 0.2) is 59.6 Å². The fraction of sp³-hybridized carbons (Fsp3) is 0.348. The van der Waals surface area contributed by atoms with Crippen LogP contribution in [0.2, 0.25) is 0 Å². The summed E-state index contributed by atoms with van der Waals surface area (Å²) in [5.41, 5.74) is -0.829. The molecule has 0 spiro atoms. The van der Waals surface area contributed by atoms with Crippen molar-refractivity contribution in [2.75, 3.05) is 0 Å². The first-order chi connectivity index (χ1) is 13.3. The number of rotatable bonds is 4. The van der Waals surface area contributed by atoms with Gasteiger partial charge in [-0.05, 0) is 47.6 Å². The Kier molecular flexibility index (Phi) is 4.90. The fourth-order valence-electron chi connectivity index (χ4n) is 4.84. The van der Waals surface area contributed by atoms with Gasteiger partial charge in [-0.25, -0.2) is 0 Å². The molecule has 154 valence electrons. The first-order valence-electron chi connectivity index (χ1n) is 9.17. The lowest BCUT2D eigenvalue weighted by Gasteiger charge is -2.24. The van der Waals surface area contributed by atoms with Crippen LogP contribution in [0.1, 0.15) is 31.9 Å². The highest BCUT2D eigenvalue weighted by molar-refractivity contribution is 6.30. The van der Waals surface area contributed by atoms with Crippen LogP contribution in [0.4, 0.5) is 13.2 Å². The Labute approximate surface area is 173 Å². The van der Waals surface area contributed by atoms with E-state index in [-0.39, 0.29) is 0 Å². The summed E-state index contributed by atoms with van der Waals surface area (Å²) in [6, 6.07) is 14.8. The fourth-order valence-corrected chi connectivity index (χ4v) is 5.01. The summed E-state index contributed by atoms with van der Waals surface area (Å²) in [5.74, 6) is -1.16. The van der Waals surface area contributed by atoms with E-state index in [1.807, 2.05) is 43.3 Å². The maximum absolute atomic E-state index is 13.3. The summed E-state index contributed by atoms with van der Waals surface area (Å²) in [4.78, 5) is 12.2. The normalized spacial score (nSPS) is 26.3. The van der Waals surface area contributed by atoms with E-state index in [0.717, 1.165) is 22.8 Å². The Morgan fingerprint density at radius 3 is 2.10 bits per heavy atom. The molecule has 0 amide bonds. The van der Waals surface area contributed by atoms with Crippen molar-refractivity contribution in [3.63, 3.8) is 0 Å². The predicted molar refractivity (Wildman–Crippen MR) is 108 cm³/mol. The minimum absolute atomic E-state index is 0.538. The minimum atomic E-state index is -4.75. The van der Waals surface area contributed by atoms with Crippen LogP contribution in [-0.4, -0.2) is 17.3 Å². The van der Waals surface area contributed by atoms with E-state index >= 15 is 0 Å². The molecule has 1 fully saturated rings.